The molecule has 1 atom stereocenters. The quantitative estimate of drug-likeness (QED) is 0.159. The molecule has 218 valence electrons. The predicted molar refractivity (Wildman–Crippen MR) is 162 cm³/mol. The second-order valence-electron chi connectivity index (χ2n) is 10.5. The van der Waals surface area contributed by atoms with Gasteiger partial charge in [-0.15, -0.1) is 0 Å². The number of aromatic carboxylic acids is 1. The molecule has 3 aromatic carbocycles. The number of benzene rings is 3. The van der Waals surface area contributed by atoms with Crippen LogP contribution in [0.25, 0.3) is 11.3 Å². The lowest BCUT2D eigenvalue weighted by molar-refractivity contribution is -0.126. The highest BCUT2D eigenvalue weighted by molar-refractivity contribution is 6.36. The van der Waals surface area contributed by atoms with Gasteiger partial charge >= 0.3 is 5.97 Å². The Morgan fingerprint density at radius 1 is 1.02 bits per heavy atom. The van der Waals surface area contributed by atoms with Crippen molar-refractivity contribution >= 4 is 40.8 Å². The van der Waals surface area contributed by atoms with E-state index < -0.39 is 12.0 Å². The summed E-state index contributed by atoms with van der Waals surface area (Å²) in [4.78, 5) is 29.0. The van der Waals surface area contributed by atoms with E-state index in [0.717, 1.165) is 43.2 Å². The number of nitrogens with zero attached hydrogens (tertiary/aromatic N) is 1. The van der Waals surface area contributed by atoms with Gasteiger partial charge in [-0.05, 0) is 66.4 Å². The number of aromatic nitrogens is 1. The largest absolute Gasteiger partial charge is 0.487 e. The molecule has 0 radical (unpaired) electrons. The Kier molecular flexibility index (Phi) is 9.35. The molecule has 0 saturated heterocycles. The summed E-state index contributed by atoms with van der Waals surface area (Å²) in [5, 5.41) is 13.2. The van der Waals surface area contributed by atoms with E-state index in [1.807, 2.05) is 12.1 Å². The van der Waals surface area contributed by atoms with Crippen LogP contribution in [0.4, 0.5) is 5.69 Å². The van der Waals surface area contributed by atoms with E-state index in [9.17, 15) is 9.59 Å². The highest BCUT2D eigenvalue weighted by Crippen LogP contribution is 2.33. The average Bonchev–Trinajstić information content (AvgIpc) is 3.47. The molecule has 0 bridgehead atoms. The molecule has 4 aromatic rings. The fraction of sp³-hybridized carbons (Fsp3) is 0.281. The molecule has 1 saturated carbocycles. The fourth-order valence-corrected chi connectivity index (χ4v) is 5.62. The number of hydrogen-bond acceptors (Lipinski definition) is 6. The summed E-state index contributed by atoms with van der Waals surface area (Å²) in [5.41, 5.74) is 9.89. The van der Waals surface area contributed by atoms with Gasteiger partial charge in [0.2, 0.25) is 11.8 Å². The number of amides is 1. The normalized spacial score (nSPS) is 14.3. The van der Waals surface area contributed by atoms with Gasteiger partial charge in [0.25, 0.3) is 0 Å². The Hall–Kier alpha value is -4.01. The third-order valence-corrected chi connectivity index (χ3v) is 7.98. The number of ether oxygens (including phenoxy) is 1. The van der Waals surface area contributed by atoms with Crippen molar-refractivity contribution in [3.05, 3.63) is 99.6 Å². The maximum atomic E-state index is 13.2. The number of carboxylic acid groups (broad SMARTS) is 1. The summed E-state index contributed by atoms with van der Waals surface area (Å²) >= 11 is 12.5. The number of anilines is 1. The number of nitrogens with two attached hydrogens (primary N) is 1. The molecule has 1 fully saturated rings. The summed E-state index contributed by atoms with van der Waals surface area (Å²) in [6, 6.07) is 16.6. The Morgan fingerprint density at radius 2 is 1.76 bits per heavy atom. The van der Waals surface area contributed by atoms with Crippen LogP contribution in [0.1, 0.15) is 65.5 Å². The van der Waals surface area contributed by atoms with E-state index in [-0.39, 0.29) is 24.0 Å². The molecule has 4 N–H and O–H groups in total. The number of hydrogen-bond donors (Lipinski definition) is 3. The van der Waals surface area contributed by atoms with Gasteiger partial charge in [0, 0.05) is 22.9 Å². The number of rotatable bonds is 10. The van der Waals surface area contributed by atoms with Crippen LogP contribution in [0.15, 0.2) is 71.3 Å². The Balaban J connectivity index is 1.33. The maximum Gasteiger partial charge on any atom is 0.335 e. The molecule has 1 aliphatic carbocycles. The third kappa shape index (κ3) is 7.24. The lowest BCUT2D eigenvalue weighted by Crippen LogP contribution is -2.36. The van der Waals surface area contributed by atoms with Crippen LogP contribution in [0.5, 0.6) is 5.75 Å². The Labute approximate surface area is 253 Å². The van der Waals surface area contributed by atoms with E-state index in [2.05, 4.69) is 10.3 Å². The van der Waals surface area contributed by atoms with E-state index in [4.69, 9.17) is 43.2 Å². The van der Waals surface area contributed by atoms with E-state index >= 15 is 0 Å². The summed E-state index contributed by atoms with van der Waals surface area (Å²) in [7, 11) is 0. The molecule has 8 nitrogen and oxygen atoms in total. The van der Waals surface area contributed by atoms with Crippen LogP contribution in [-0.2, 0) is 17.8 Å². The van der Waals surface area contributed by atoms with E-state index in [0.29, 0.717) is 45.1 Å². The zero-order chi connectivity index (χ0) is 29.6. The number of carboxylic acids is 1. The van der Waals surface area contributed by atoms with Crippen LogP contribution in [0, 0.1) is 5.92 Å². The number of oxazole rings is 1. The zero-order valence-corrected chi connectivity index (χ0v) is 24.3. The molecule has 42 heavy (non-hydrogen) atoms. The summed E-state index contributed by atoms with van der Waals surface area (Å²) < 4.78 is 11.8. The highest BCUT2D eigenvalue weighted by Gasteiger charge is 2.27. The minimum atomic E-state index is -0.981. The number of nitrogens with one attached hydrogen (secondary N) is 1. The van der Waals surface area contributed by atoms with E-state index in [1.54, 1.807) is 36.4 Å². The first-order valence-corrected chi connectivity index (χ1v) is 14.6. The smallest absolute Gasteiger partial charge is 0.335 e. The van der Waals surface area contributed by atoms with Gasteiger partial charge in [-0.3, -0.25) is 4.79 Å². The molecular weight excluding hydrogens is 577 g/mol. The van der Waals surface area contributed by atoms with Crippen molar-refractivity contribution in [2.45, 2.75) is 51.2 Å². The van der Waals surface area contributed by atoms with Crippen LogP contribution in [-0.4, -0.2) is 22.0 Å². The third-order valence-electron chi connectivity index (χ3n) is 7.43. The van der Waals surface area contributed by atoms with E-state index in [1.165, 1.54) is 18.4 Å². The van der Waals surface area contributed by atoms with Crippen molar-refractivity contribution < 1.29 is 23.8 Å². The Bertz CT molecular complexity index is 1560. The van der Waals surface area contributed by atoms with Gasteiger partial charge in [0.05, 0.1) is 16.3 Å². The molecule has 1 amide bonds. The second kappa shape index (κ2) is 13.3. The number of nitrogen functional groups attached to an aromatic ring is 1. The molecule has 1 aromatic heterocycles. The van der Waals surface area contributed by atoms with Crippen molar-refractivity contribution in [3.8, 4) is 17.0 Å². The predicted octanol–water partition coefficient (Wildman–Crippen LogP) is 7.49. The molecule has 10 heteroatoms. The van der Waals surface area contributed by atoms with Gasteiger partial charge < -0.3 is 25.3 Å². The van der Waals surface area contributed by atoms with Gasteiger partial charge in [0.1, 0.15) is 30.4 Å². The lowest BCUT2D eigenvalue weighted by Gasteiger charge is -2.24. The second-order valence-corrected chi connectivity index (χ2v) is 11.3. The number of carbonyl (C=O) groups is 2. The average molecular weight is 609 g/mol. The first-order valence-electron chi connectivity index (χ1n) is 13.8. The lowest BCUT2D eigenvalue weighted by atomic mass is 9.88. The number of carbonyl (C=O) groups excluding carboxylic acids is 1. The van der Waals surface area contributed by atoms with Crippen LogP contribution in [0.3, 0.4) is 0 Å². The van der Waals surface area contributed by atoms with Crippen LogP contribution < -0.4 is 15.8 Å². The SMILES string of the molecule is Nc1cc(CC(NC(=O)C2CCCCC2)c2nc(-c3ccc(Cl)cc3Cl)co2)ccc1OCc1ccc(C(=O)O)cc1. The van der Waals surface area contributed by atoms with Gasteiger partial charge in [-0.25, -0.2) is 9.78 Å². The van der Waals surface area contributed by atoms with Gasteiger partial charge in [-0.1, -0.05) is 60.7 Å². The highest BCUT2D eigenvalue weighted by atomic mass is 35.5. The van der Waals surface area contributed by atoms with Gasteiger partial charge in [0.15, 0.2) is 0 Å². The van der Waals surface area contributed by atoms with Crippen LogP contribution in [0.2, 0.25) is 10.0 Å². The summed E-state index contributed by atoms with van der Waals surface area (Å²) in [6.45, 7) is 0.232. The van der Waals surface area contributed by atoms with Crippen molar-refractivity contribution in [1.82, 2.24) is 10.3 Å². The van der Waals surface area contributed by atoms with Gasteiger partial charge in [-0.2, -0.15) is 0 Å². The molecule has 1 aliphatic rings. The molecule has 1 heterocycles. The monoisotopic (exact) mass is 607 g/mol. The number of halogens is 2. The molecular formula is C32H31Cl2N3O5. The molecule has 1 unspecified atom stereocenters. The molecule has 0 spiro atoms. The minimum Gasteiger partial charge on any atom is -0.487 e. The maximum absolute atomic E-state index is 13.2. The topological polar surface area (TPSA) is 128 Å². The van der Waals surface area contributed by atoms with Crippen LogP contribution >= 0.6 is 23.2 Å². The Morgan fingerprint density at radius 3 is 2.45 bits per heavy atom. The molecule has 5 rings (SSSR count). The van der Waals surface area contributed by atoms with Crippen molar-refractivity contribution in [2.75, 3.05) is 5.73 Å². The zero-order valence-electron chi connectivity index (χ0n) is 22.8. The summed E-state index contributed by atoms with van der Waals surface area (Å²) in [6.07, 6.45) is 6.90. The first-order chi connectivity index (χ1) is 20.3. The first kappa shape index (κ1) is 29.5. The van der Waals surface area contributed by atoms with Crippen molar-refractivity contribution in [1.29, 1.82) is 0 Å². The standard InChI is InChI=1S/C32H31Cl2N3O5/c33-23-11-12-24(25(34)16-23)28-18-42-31(37-28)27(36-30(38)21-4-2-1-3-5-21)15-20-8-13-29(26(35)14-20)41-17-19-6-9-22(10-7-19)32(39)40/h6-14,16,18,21,27H,1-5,15,17,35H2,(H,36,38)(H,39,40). The minimum absolute atomic E-state index is 0.00850. The fourth-order valence-electron chi connectivity index (χ4n) is 5.12. The van der Waals surface area contributed by atoms with Crippen molar-refractivity contribution in [3.63, 3.8) is 0 Å². The van der Waals surface area contributed by atoms with Crippen molar-refractivity contribution in [2.24, 2.45) is 5.92 Å². The summed E-state index contributed by atoms with van der Waals surface area (Å²) in [5.74, 6) is -0.161. The molecule has 0 aliphatic heterocycles.